The van der Waals surface area contributed by atoms with E-state index >= 15 is 0 Å². The summed E-state index contributed by atoms with van der Waals surface area (Å²) in [6.07, 6.45) is 5.54. The summed E-state index contributed by atoms with van der Waals surface area (Å²) < 4.78 is 0. The van der Waals surface area contributed by atoms with Gasteiger partial charge in [-0.2, -0.15) is 0 Å². The summed E-state index contributed by atoms with van der Waals surface area (Å²) in [5.74, 6) is 0. The summed E-state index contributed by atoms with van der Waals surface area (Å²) in [5.41, 5.74) is 0. The minimum absolute atomic E-state index is 0. The molecule has 0 heterocycles. The van der Waals surface area contributed by atoms with Gasteiger partial charge >= 0.3 is 0 Å². The molecule has 0 aliphatic rings. The van der Waals surface area contributed by atoms with Crippen LogP contribution in [0.5, 0.6) is 0 Å². The summed E-state index contributed by atoms with van der Waals surface area (Å²) in [5, 5.41) is 0. The Kier molecular flexibility index (Phi) is 57.3. The number of hydrogen-bond acceptors (Lipinski definition) is 0. The van der Waals surface area contributed by atoms with Crippen molar-refractivity contribution >= 4 is 0 Å². The Morgan fingerprint density at radius 1 is 0.778 bits per heavy atom. The van der Waals surface area contributed by atoms with Gasteiger partial charge in [0.15, 0.2) is 0 Å². The largest absolute Gasteiger partial charge is 0.358 e. The van der Waals surface area contributed by atoms with Crippen molar-refractivity contribution in [3.8, 4) is 0 Å². The van der Waals surface area contributed by atoms with Crippen LogP contribution >= 0.6 is 0 Å². The maximum atomic E-state index is 2.23. The van der Waals surface area contributed by atoms with E-state index in [9.17, 15) is 0 Å². The second-order valence-electron chi connectivity index (χ2n) is 1.71. The average Bonchev–Trinajstić information content (AvgIpc) is 1.61. The fourth-order valence-corrected chi connectivity index (χ4v) is 0.500. The zero-order valence-corrected chi connectivity index (χ0v) is 10.2. The van der Waals surface area contributed by atoms with Crippen LogP contribution in [0.25, 0.3) is 0 Å². The van der Waals surface area contributed by atoms with Gasteiger partial charge < -0.3 is 14.9 Å². The first-order valence-electron chi connectivity index (χ1n) is 2.91. The van der Waals surface area contributed by atoms with Crippen LogP contribution in [-0.4, -0.2) is 0 Å². The molecule has 0 amide bonds. The van der Waals surface area contributed by atoms with Crippen LogP contribution in [0.3, 0.4) is 0 Å². The topological polar surface area (TPSA) is 0 Å². The molecule has 0 aromatic heterocycles. The van der Waals surface area contributed by atoms with Gasteiger partial charge in [0.2, 0.25) is 0 Å². The molecule has 0 aliphatic heterocycles. The van der Waals surface area contributed by atoms with Crippen molar-refractivity contribution < 1.29 is 32.7 Å². The zero-order chi connectivity index (χ0) is 4.83. The maximum Gasteiger partial charge on any atom is 0 e. The predicted octanol–water partition coefficient (Wildman–Crippen LogP) is 3.48. The quantitative estimate of drug-likeness (QED) is 0.488. The molecule has 0 saturated carbocycles. The number of rotatable bonds is 3. The Hall–Kier alpha value is 1.10. The van der Waals surface area contributed by atoms with E-state index in [0.717, 1.165) is 0 Å². The maximum absolute atomic E-state index is 2.23. The Morgan fingerprint density at radius 2 is 1.00 bits per heavy atom. The van der Waals surface area contributed by atoms with E-state index in [1.54, 1.807) is 0 Å². The number of unbranched alkanes of at least 4 members (excludes halogenated alkanes) is 3. The Balaban J connectivity index is -0.0000000417. The summed E-state index contributed by atoms with van der Waals surface area (Å²) in [6.45, 7) is 4.46. The van der Waals surface area contributed by atoms with Gasteiger partial charge in [0.05, 0.1) is 0 Å². The first-order chi connectivity index (χ1) is 2.91. The first-order valence-corrected chi connectivity index (χ1v) is 2.91. The van der Waals surface area contributed by atoms with Crippen LogP contribution in [-0.2, 0) is 32.7 Å². The molecule has 0 spiro atoms. The summed E-state index contributed by atoms with van der Waals surface area (Å²) >= 11 is 0. The molecular weight excluding hydrogens is 185 g/mol. The van der Waals surface area contributed by atoms with Crippen LogP contribution in [0.15, 0.2) is 0 Å². The second kappa shape index (κ2) is 23.0. The van der Waals surface area contributed by atoms with Crippen LogP contribution in [0.4, 0.5) is 0 Å². The second-order valence-corrected chi connectivity index (χ2v) is 1.71. The van der Waals surface area contributed by atoms with Gasteiger partial charge in [0.25, 0.3) is 0 Å². The fourth-order valence-electron chi connectivity index (χ4n) is 0.500. The zero-order valence-electron chi connectivity index (χ0n) is 7.41. The van der Waals surface area contributed by atoms with Crippen molar-refractivity contribution in [3.63, 3.8) is 0 Å². The third kappa shape index (κ3) is 27.3. The molecule has 0 rings (SSSR count). The van der Waals surface area contributed by atoms with Gasteiger partial charge in [0.1, 0.15) is 0 Å². The molecule has 0 bridgehead atoms. The standard InChI is InChI=1S/C6H14.2CH3.Y/c1-3-5-6-4-2;;;/h3-6H2,1-2H3;2*1H3;/q;2*-1;. The molecule has 0 unspecified atom stereocenters. The van der Waals surface area contributed by atoms with Gasteiger partial charge in [-0.3, -0.25) is 0 Å². The van der Waals surface area contributed by atoms with Crippen LogP contribution in [0.1, 0.15) is 39.5 Å². The Morgan fingerprint density at radius 3 is 1.11 bits per heavy atom. The van der Waals surface area contributed by atoms with Crippen LogP contribution < -0.4 is 0 Å². The Bertz CT molecular complexity index is 16.5. The molecule has 0 nitrogen and oxygen atoms in total. The molecule has 1 radical (unpaired) electrons. The third-order valence-electron chi connectivity index (χ3n) is 0.957. The Labute approximate surface area is 86.7 Å². The molecule has 0 atom stereocenters. The molecule has 0 aromatic carbocycles. The van der Waals surface area contributed by atoms with Crippen molar-refractivity contribution in [3.05, 3.63) is 14.9 Å². The smallest absolute Gasteiger partial charge is 0 e. The minimum Gasteiger partial charge on any atom is -0.358 e. The van der Waals surface area contributed by atoms with E-state index in [1.165, 1.54) is 25.7 Å². The van der Waals surface area contributed by atoms with E-state index in [1.807, 2.05) is 0 Å². The van der Waals surface area contributed by atoms with Crippen molar-refractivity contribution in [2.45, 2.75) is 39.5 Å². The normalized spacial score (nSPS) is 6.00. The van der Waals surface area contributed by atoms with Gasteiger partial charge in [-0.05, 0) is 0 Å². The van der Waals surface area contributed by atoms with Crippen LogP contribution in [0.2, 0.25) is 0 Å². The monoisotopic (exact) mass is 205 g/mol. The van der Waals surface area contributed by atoms with Crippen molar-refractivity contribution in [1.82, 2.24) is 0 Å². The summed E-state index contributed by atoms with van der Waals surface area (Å²) in [6, 6.07) is 0. The average molecular weight is 205 g/mol. The molecule has 0 N–H and O–H groups in total. The molecule has 57 valence electrons. The molecule has 1 heteroatoms. The van der Waals surface area contributed by atoms with E-state index in [2.05, 4.69) is 13.8 Å². The van der Waals surface area contributed by atoms with E-state index in [4.69, 9.17) is 0 Å². The molecule has 9 heavy (non-hydrogen) atoms. The molecule has 0 aliphatic carbocycles. The third-order valence-corrected chi connectivity index (χ3v) is 0.957. The van der Waals surface area contributed by atoms with Crippen molar-refractivity contribution in [2.75, 3.05) is 0 Å². The van der Waals surface area contributed by atoms with Gasteiger partial charge in [0, 0.05) is 32.7 Å². The van der Waals surface area contributed by atoms with E-state index < -0.39 is 0 Å². The van der Waals surface area contributed by atoms with Gasteiger partial charge in [-0.25, -0.2) is 0 Å². The van der Waals surface area contributed by atoms with Crippen LogP contribution in [0, 0.1) is 14.9 Å². The van der Waals surface area contributed by atoms with Crippen molar-refractivity contribution in [1.29, 1.82) is 0 Å². The molecule has 0 fully saturated rings. The van der Waals surface area contributed by atoms with E-state index in [-0.39, 0.29) is 47.6 Å². The van der Waals surface area contributed by atoms with Gasteiger partial charge in [-0.15, -0.1) is 0 Å². The first kappa shape index (κ1) is 22.5. The summed E-state index contributed by atoms with van der Waals surface area (Å²) in [4.78, 5) is 0. The summed E-state index contributed by atoms with van der Waals surface area (Å²) in [7, 11) is 0. The molecule has 0 aromatic rings. The number of hydrogen-bond donors (Lipinski definition) is 0. The fraction of sp³-hybridized carbons (Fsp3) is 0.750. The van der Waals surface area contributed by atoms with E-state index in [0.29, 0.717) is 0 Å². The minimum atomic E-state index is 0. The van der Waals surface area contributed by atoms with Crippen molar-refractivity contribution in [2.24, 2.45) is 0 Å². The predicted molar refractivity (Wildman–Crippen MR) is 42.6 cm³/mol. The van der Waals surface area contributed by atoms with Gasteiger partial charge in [-0.1, -0.05) is 39.5 Å². The molecule has 0 saturated heterocycles. The molecular formula is C8H20Y-2. The SMILES string of the molecule is CCCCCC.[CH3-].[CH3-].[Y].